The van der Waals surface area contributed by atoms with Gasteiger partial charge in [0, 0.05) is 12.7 Å². The predicted molar refractivity (Wildman–Crippen MR) is 72.1 cm³/mol. The second kappa shape index (κ2) is 8.44. The smallest absolute Gasteiger partial charge is 0.484 e. The van der Waals surface area contributed by atoms with Gasteiger partial charge in [0.2, 0.25) is 0 Å². The number of nitrogens with zero attached hydrogens (tertiary/aromatic N) is 4. The molecule has 0 saturated heterocycles. The number of hydrogen-bond donors (Lipinski definition) is 0. The second-order valence-electron chi connectivity index (χ2n) is 5.07. The van der Waals surface area contributed by atoms with E-state index in [1.165, 1.54) is 12.5 Å². The Morgan fingerprint density at radius 2 is 2.00 bits per heavy atom. The first-order chi connectivity index (χ1) is 9.86. The normalized spacial score (nSPS) is 11.4. The monoisotopic (exact) mass is 338 g/mol. The molecule has 2 rings (SSSR count). The third-order valence-electron chi connectivity index (χ3n) is 2.71. The maximum atomic E-state index is 12.6. The van der Waals surface area contributed by atoms with Crippen LogP contribution < -0.4 is 61.6 Å². The van der Waals surface area contributed by atoms with Crippen molar-refractivity contribution in [3.05, 3.63) is 30.6 Å². The van der Waals surface area contributed by atoms with Gasteiger partial charge >= 0.3 is 58.4 Å². The molecule has 0 atom stereocenters. The minimum Gasteiger partial charge on any atom is -0.484 e. The second-order valence-corrected chi connectivity index (χ2v) is 5.07. The van der Waals surface area contributed by atoms with E-state index in [0.717, 1.165) is 12.3 Å². The number of pyridine rings is 1. The number of halogens is 3. The summed E-state index contributed by atoms with van der Waals surface area (Å²) in [5.41, 5.74) is -0.781. The zero-order valence-corrected chi connectivity index (χ0v) is 15.8. The minimum absolute atomic E-state index is 0. The van der Waals surface area contributed by atoms with Crippen molar-refractivity contribution in [3.8, 4) is 5.75 Å². The Morgan fingerprint density at radius 3 is 2.64 bits per heavy atom. The Kier molecular flexibility index (Phi) is 7.53. The van der Waals surface area contributed by atoms with Crippen molar-refractivity contribution in [3.63, 3.8) is 0 Å². The van der Waals surface area contributed by atoms with Crippen molar-refractivity contribution in [2.24, 2.45) is 5.92 Å². The van der Waals surface area contributed by atoms with Crippen LogP contribution in [0.15, 0.2) is 24.8 Å². The van der Waals surface area contributed by atoms with Crippen LogP contribution in [0.25, 0.3) is 0 Å². The quantitative estimate of drug-likeness (QED) is 0.632. The van der Waals surface area contributed by atoms with Crippen LogP contribution in [-0.2, 0) is 13.2 Å². The van der Waals surface area contributed by atoms with E-state index in [-0.39, 0.29) is 63.7 Å². The topological polar surface area (TPSA) is 52.8 Å². The van der Waals surface area contributed by atoms with Crippen molar-refractivity contribution >= 4 is 12.4 Å². The van der Waals surface area contributed by atoms with Crippen molar-refractivity contribution < 1.29 is 69.1 Å². The average molecular weight is 338 g/mol. The summed E-state index contributed by atoms with van der Waals surface area (Å²) in [6, 6.07) is 0.941. The van der Waals surface area contributed by atoms with Crippen LogP contribution >= 0.6 is 0 Å². The molecule has 0 unspecified atom stereocenters. The minimum atomic E-state index is -5.08. The fraction of sp³-hybridized carbons (Fsp3) is 0.417. The average Bonchev–Trinajstić information content (AvgIpc) is 2.82. The molecule has 0 saturated carbocycles. The van der Waals surface area contributed by atoms with E-state index < -0.39 is 12.4 Å². The van der Waals surface area contributed by atoms with Crippen LogP contribution in [0.3, 0.4) is 0 Å². The van der Waals surface area contributed by atoms with E-state index in [9.17, 15) is 12.9 Å². The molecule has 0 aromatic carbocycles. The van der Waals surface area contributed by atoms with Crippen LogP contribution in [-0.4, -0.2) is 26.7 Å². The van der Waals surface area contributed by atoms with Gasteiger partial charge < -0.3 is 17.7 Å². The molecule has 22 heavy (non-hydrogen) atoms. The fourth-order valence-corrected chi connectivity index (χ4v) is 1.74. The summed E-state index contributed by atoms with van der Waals surface area (Å²) in [6.45, 7) is -0.304. The van der Waals surface area contributed by atoms with Gasteiger partial charge in [-0.25, -0.2) is 9.67 Å². The Labute approximate surface area is 169 Å². The Morgan fingerprint density at radius 1 is 1.27 bits per heavy atom. The van der Waals surface area contributed by atoms with Gasteiger partial charge in [-0.1, -0.05) is 19.3 Å². The van der Waals surface area contributed by atoms with Crippen molar-refractivity contribution in [2.75, 3.05) is 0 Å². The zero-order chi connectivity index (χ0) is 15.5. The molecule has 0 N–H and O–H groups in total. The van der Waals surface area contributed by atoms with Gasteiger partial charge in [0.15, 0.2) is 5.82 Å². The van der Waals surface area contributed by atoms with Crippen LogP contribution in [0.4, 0.5) is 12.9 Å². The zero-order valence-electron chi connectivity index (χ0n) is 12.7. The molecule has 114 valence electrons. The van der Waals surface area contributed by atoms with Gasteiger partial charge in [-0.3, -0.25) is 4.98 Å². The molecule has 0 aliphatic rings. The van der Waals surface area contributed by atoms with Gasteiger partial charge in [0.1, 0.15) is 18.7 Å². The molecule has 0 bridgehead atoms. The van der Waals surface area contributed by atoms with Crippen LogP contribution in [0, 0.1) is 5.92 Å². The van der Waals surface area contributed by atoms with E-state index in [2.05, 4.69) is 15.1 Å². The van der Waals surface area contributed by atoms with E-state index in [0.29, 0.717) is 18.3 Å². The molecule has 2 aromatic rings. The molecule has 2 aromatic heterocycles. The van der Waals surface area contributed by atoms with Gasteiger partial charge in [-0.2, -0.15) is 5.10 Å². The first-order valence-electron chi connectivity index (χ1n) is 6.50. The molecule has 0 aliphatic carbocycles. The van der Waals surface area contributed by atoms with Gasteiger partial charge in [-0.15, -0.1) is 0 Å². The van der Waals surface area contributed by atoms with Crippen LogP contribution in [0.5, 0.6) is 5.75 Å². The van der Waals surface area contributed by atoms with Crippen LogP contribution in [0.2, 0.25) is 0 Å². The number of rotatable bonds is 6. The number of hydrogen-bond acceptors (Lipinski definition) is 4. The maximum Gasteiger partial charge on any atom is 1.00 e. The van der Waals surface area contributed by atoms with E-state index in [1.54, 1.807) is 4.68 Å². The largest absolute Gasteiger partial charge is 1.00 e. The SMILES string of the molecule is CC(C)Cn1ncnc1COc1cncc([B-](F)(F)F)c1.[K+]. The van der Waals surface area contributed by atoms with Gasteiger partial charge in [0.05, 0.1) is 6.20 Å². The molecule has 5 nitrogen and oxygen atoms in total. The van der Waals surface area contributed by atoms with Crippen molar-refractivity contribution in [1.29, 1.82) is 0 Å². The Hall–Kier alpha value is -0.419. The molecule has 10 heteroatoms. The standard InChI is InChI=1S/C12H15BF3N4O.K/c1-9(2)6-20-12(18-8-19-20)7-21-11-3-10(4-17-5-11)13(14,15)16;/h3-5,8-9H,6-7H2,1-2H3;/q-1;+1. The molecule has 2 heterocycles. The van der Waals surface area contributed by atoms with E-state index in [1.807, 2.05) is 13.8 Å². The van der Waals surface area contributed by atoms with Crippen LogP contribution in [0.1, 0.15) is 19.7 Å². The summed E-state index contributed by atoms with van der Waals surface area (Å²) in [5.74, 6) is 1.00. The number of aromatic nitrogens is 4. The Balaban J connectivity index is 0.00000242. The maximum absolute atomic E-state index is 12.6. The molecule has 0 spiro atoms. The van der Waals surface area contributed by atoms with Gasteiger partial charge in [-0.05, 0) is 12.0 Å². The molecule has 0 radical (unpaired) electrons. The summed E-state index contributed by atoms with van der Waals surface area (Å²) in [7, 11) is 0. The molecular weight excluding hydrogens is 323 g/mol. The summed E-state index contributed by atoms with van der Waals surface area (Å²) >= 11 is 0. The third kappa shape index (κ3) is 5.65. The summed E-state index contributed by atoms with van der Waals surface area (Å²) in [5, 5.41) is 4.06. The van der Waals surface area contributed by atoms with Crippen molar-refractivity contribution in [1.82, 2.24) is 19.7 Å². The Bertz CT molecular complexity index is 606. The molecule has 0 aliphatic heterocycles. The first kappa shape index (κ1) is 19.6. The van der Waals surface area contributed by atoms with Crippen molar-refractivity contribution in [2.45, 2.75) is 27.0 Å². The van der Waals surface area contributed by atoms with E-state index >= 15 is 0 Å². The third-order valence-corrected chi connectivity index (χ3v) is 2.71. The summed E-state index contributed by atoms with van der Waals surface area (Å²) < 4.78 is 44.9. The predicted octanol–water partition coefficient (Wildman–Crippen LogP) is -1.03. The molecule has 0 amide bonds. The molecular formula is C12H15BF3KN4O. The molecule has 0 fully saturated rings. The first-order valence-corrected chi connectivity index (χ1v) is 6.50. The number of ether oxygens (including phenoxy) is 1. The fourth-order valence-electron chi connectivity index (χ4n) is 1.74. The summed E-state index contributed by atoms with van der Waals surface area (Å²) in [6.07, 6.45) is 3.43. The van der Waals surface area contributed by atoms with Gasteiger partial charge in [0.25, 0.3) is 0 Å². The summed E-state index contributed by atoms with van der Waals surface area (Å²) in [4.78, 5) is 7.59. The van der Waals surface area contributed by atoms with E-state index in [4.69, 9.17) is 4.74 Å².